The first-order valence-electron chi connectivity index (χ1n) is 6.56. The maximum Gasteiger partial charge on any atom is 0.240 e. The zero-order valence-corrected chi connectivity index (χ0v) is 13.7. The SMILES string of the molecule is CC1(C)CCC(NS(=O)(=O)c2ccc(Br)cc2)CC1. The molecule has 106 valence electrons. The minimum absolute atomic E-state index is 0.0710. The lowest BCUT2D eigenvalue weighted by Gasteiger charge is -2.34. The molecule has 1 aliphatic carbocycles. The van der Waals surface area contributed by atoms with Gasteiger partial charge in [-0.25, -0.2) is 13.1 Å². The van der Waals surface area contributed by atoms with Gasteiger partial charge in [0, 0.05) is 10.5 Å². The molecule has 0 heterocycles. The van der Waals surface area contributed by atoms with Crippen molar-refractivity contribution in [3.05, 3.63) is 28.7 Å². The molecule has 0 atom stereocenters. The van der Waals surface area contributed by atoms with Crippen LogP contribution in [0.2, 0.25) is 0 Å². The van der Waals surface area contributed by atoms with Crippen molar-refractivity contribution >= 4 is 26.0 Å². The molecule has 0 aliphatic heterocycles. The summed E-state index contributed by atoms with van der Waals surface area (Å²) in [6.07, 6.45) is 3.98. The molecule has 3 nitrogen and oxygen atoms in total. The van der Waals surface area contributed by atoms with E-state index in [9.17, 15) is 8.42 Å². The predicted molar refractivity (Wildman–Crippen MR) is 80.5 cm³/mol. The summed E-state index contributed by atoms with van der Waals surface area (Å²) in [5.74, 6) is 0. The summed E-state index contributed by atoms with van der Waals surface area (Å²) in [6.45, 7) is 4.49. The molecule has 1 N–H and O–H groups in total. The van der Waals surface area contributed by atoms with Gasteiger partial charge >= 0.3 is 0 Å². The molecule has 1 aromatic carbocycles. The minimum Gasteiger partial charge on any atom is -0.208 e. The monoisotopic (exact) mass is 345 g/mol. The molecular formula is C14H20BrNO2S. The van der Waals surface area contributed by atoms with Crippen LogP contribution in [0.4, 0.5) is 0 Å². The van der Waals surface area contributed by atoms with Gasteiger partial charge in [-0.15, -0.1) is 0 Å². The highest BCUT2D eigenvalue weighted by atomic mass is 79.9. The van der Waals surface area contributed by atoms with Crippen LogP contribution >= 0.6 is 15.9 Å². The lowest BCUT2D eigenvalue weighted by Crippen LogP contribution is -2.39. The third-order valence-electron chi connectivity index (χ3n) is 3.78. The van der Waals surface area contributed by atoms with Crippen molar-refractivity contribution in [3.8, 4) is 0 Å². The van der Waals surface area contributed by atoms with Crippen LogP contribution in [0.15, 0.2) is 33.6 Å². The van der Waals surface area contributed by atoms with Crippen molar-refractivity contribution in [3.63, 3.8) is 0 Å². The number of hydrogen-bond acceptors (Lipinski definition) is 2. The van der Waals surface area contributed by atoms with Crippen molar-refractivity contribution < 1.29 is 8.42 Å². The number of sulfonamides is 1. The zero-order valence-electron chi connectivity index (χ0n) is 11.3. The third-order valence-corrected chi connectivity index (χ3v) is 5.85. The van der Waals surface area contributed by atoms with Gasteiger partial charge < -0.3 is 0 Å². The standard InChI is InChI=1S/C14H20BrNO2S/c1-14(2)9-7-12(8-10-14)16-19(17,18)13-5-3-11(15)4-6-13/h3-6,12,16H,7-10H2,1-2H3. The van der Waals surface area contributed by atoms with Gasteiger partial charge in [-0.2, -0.15) is 0 Å². The Morgan fingerprint density at radius 1 is 1.16 bits per heavy atom. The second-order valence-corrected chi connectivity index (χ2v) is 8.64. The summed E-state index contributed by atoms with van der Waals surface area (Å²) in [4.78, 5) is 0.334. The fraction of sp³-hybridized carbons (Fsp3) is 0.571. The average Bonchev–Trinajstić information content (AvgIpc) is 2.32. The van der Waals surface area contributed by atoms with Gasteiger partial charge in [0.15, 0.2) is 0 Å². The molecule has 1 aromatic rings. The second-order valence-electron chi connectivity index (χ2n) is 6.01. The maximum atomic E-state index is 12.2. The van der Waals surface area contributed by atoms with Gasteiger partial charge in [0.2, 0.25) is 10.0 Å². The highest BCUT2D eigenvalue weighted by molar-refractivity contribution is 9.10. The largest absolute Gasteiger partial charge is 0.240 e. The van der Waals surface area contributed by atoms with Crippen LogP contribution in [0, 0.1) is 5.41 Å². The van der Waals surface area contributed by atoms with Gasteiger partial charge in [0.05, 0.1) is 4.90 Å². The molecule has 0 aromatic heterocycles. The first-order chi connectivity index (χ1) is 8.78. The number of nitrogens with one attached hydrogen (secondary N) is 1. The molecule has 2 rings (SSSR count). The molecule has 19 heavy (non-hydrogen) atoms. The predicted octanol–water partition coefficient (Wildman–Crippen LogP) is 3.70. The number of halogens is 1. The molecule has 0 amide bonds. The topological polar surface area (TPSA) is 46.2 Å². The van der Waals surface area contributed by atoms with Crippen LogP contribution < -0.4 is 4.72 Å². The third kappa shape index (κ3) is 4.04. The van der Waals surface area contributed by atoms with E-state index in [1.807, 2.05) is 0 Å². The van der Waals surface area contributed by atoms with Crippen molar-refractivity contribution in [2.75, 3.05) is 0 Å². The van der Waals surface area contributed by atoms with Crippen molar-refractivity contribution in [2.24, 2.45) is 5.41 Å². The Morgan fingerprint density at radius 2 is 1.68 bits per heavy atom. The van der Waals surface area contributed by atoms with Crippen molar-refractivity contribution in [2.45, 2.75) is 50.5 Å². The molecule has 1 saturated carbocycles. The van der Waals surface area contributed by atoms with Gasteiger partial charge in [0.25, 0.3) is 0 Å². The first-order valence-corrected chi connectivity index (χ1v) is 8.84. The Kier molecular flexibility index (Phi) is 4.38. The quantitative estimate of drug-likeness (QED) is 0.907. The van der Waals surface area contributed by atoms with Gasteiger partial charge in [0.1, 0.15) is 0 Å². The van der Waals surface area contributed by atoms with Crippen molar-refractivity contribution in [1.82, 2.24) is 4.72 Å². The van der Waals surface area contributed by atoms with Crippen LogP contribution in [-0.2, 0) is 10.0 Å². The summed E-state index contributed by atoms with van der Waals surface area (Å²) in [5, 5.41) is 0. The Morgan fingerprint density at radius 3 is 2.21 bits per heavy atom. The molecule has 0 spiro atoms. The van der Waals surface area contributed by atoms with Crippen molar-refractivity contribution in [1.29, 1.82) is 0 Å². The smallest absolute Gasteiger partial charge is 0.208 e. The lowest BCUT2D eigenvalue weighted by atomic mass is 9.76. The molecule has 0 unspecified atom stereocenters. The number of rotatable bonds is 3. The fourth-order valence-electron chi connectivity index (χ4n) is 2.42. The van der Waals surface area contributed by atoms with Gasteiger partial charge in [-0.1, -0.05) is 29.8 Å². The lowest BCUT2D eigenvalue weighted by molar-refractivity contribution is 0.218. The summed E-state index contributed by atoms with van der Waals surface area (Å²) in [6, 6.07) is 6.82. The van der Waals surface area contributed by atoms with E-state index in [4.69, 9.17) is 0 Å². The molecule has 0 radical (unpaired) electrons. The van der Waals surface area contributed by atoms with Crippen LogP contribution in [0.3, 0.4) is 0 Å². The molecule has 1 aliphatic rings. The van der Waals surface area contributed by atoms with E-state index in [0.29, 0.717) is 10.3 Å². The van der Waals surface area contributed by atoms with E-state index in [1.54, 1.807) is 24.3 Å². The van der Waals surface area contributed by atoms with Gasteiger partial charge in [-0.3, -0.25) is 0 Å². The first kappa shape index (κ1) is 15.0. The Bertz CT molecular complexity index is 527. The Balaban J connectivity index is 2.04. The van der Waals surface area contributed by atoms with E-state index >= 15 is 0 Å². The van der Waals surface area contributed by atoms with E-state index in [0.717, 1.165) is 30.2 Å². The minimum atomic E-state index is -3.38. The highest BCUT2D eigenvalue weighted by Gasteiger charge is 2.29. The highest BCUT2D eigenvalue weighted by Crippen LogP contribution is 2.35. The fourth-order valence-corrected chi connectivity index (χ4v) is 3.99. The molecule has 5 heteroatoms. The summed E-state index contributed by atoms with van der Waals surface area (Å²) in [7, 11) is -3.38. The molecule has 1 fully saturated rings. The summed E-state index contributed by atoms with van der Waals surface area (Å²) >= 11 is 3.31. The van der Waals surface area contributed by atoms with Gasteiger partial charge in [-0.05, 0) is 55.4 Å². The summed E-state index contributed by atoms with van der Waals surface area (Å²) < 4.78 is 28.2. The van der Waals surface area contributed by atoms with Crippen LogP contribution in [-0.4, -0.2) is 14.5 Å². The molecule has 0 saturated heterocycles. The summed E-state index contributed by atoms with van der Waals surface area (Å²) in [5.41, 5.74) is 0.347. The van der Waals surface area contributed by atoms with Crippen LogP contribution in [0.1, 0.15) is 39.5 Å². The Labute approximate surface area is 124 Å². The Hall–Kier alpha value is -0.390. The number of benzene rings is 1. The number of hydrogen-bond donors (Lipinski definition) is 1. The second kappa shape index (κ2) is 5.54. The van der Waals surface area contributed by atoms with E-state index in [1.165, 1.54) is 0 Å². The molecule has 0 bridgehead atoms. The van der Waals surface area contributed by atoms with Crippen LogP contribution in [0.5, 0.6) is 0 Å². The van der Waals surface area contributed by atoms with E-state index in [2.05, 4.69) is 34.5 Å². The van der Waals surface area contributed by atoms with Crippen LogP contribution in [0.25, 0.3) is 0 Å². The molecular weight excluding hydrogens is 326 g/mol. The average molecular weight is 346 g/mol. The van der Waals surface area contributed by atoms with E-state index < -0.39 is 10.0 Å². The zero-order chi connectivity index (χ0) is 14.1. The maximum absolute atomic E-state index is 12.2. The van der Waals surface area contributed by atoms with E-state index in [-0.39, 0.29) is 6.04 Å². The normalized spacial score (nSPS) is 20.4.